The van der Waals surface area contributed by atoms with Crippen LogP contribution in [0.25, 0.3) is 11.1 Å². The second-order valence-corrected chi connectivity index (χ2v) is 10.0. The van der Waals surface area contributed by atoms with E-state index < -0.39 is 23.0 Å². The summed E-state index contributed by atoms with van der Waals surface area (Å²) in [4.78, 5) is 38.9. The van der Waals surface area contributed by atoms with Gasteiger partial charge in [-0.25, -0.2) is 18.7 Å². The first-order valence-electron chi connectivity index (χ1n) is 13.6. The molecular weight excluding hydrogens is 544 g/mol. The van der Waals surface area contributed by atoms with Gasteiger partial charge in [0.1, 0.15) is 22.7 Å². The Bertz CT molecular complexity index is 1680. The predicted octanol–water partition coefficient (Wildman–Crippen LogP) is 4.91. The molecule has 1 amide bonds. The number of hydrogen-bond donors (Lipinski definition) is 1. The summed E-state index contributed by atoms with van der Waals surface area (Å²) in [7, 11) is 1.23. The molecular formula is C31H31F2N5O4. The number of amides is 1. The number of nitrogens with one attached hydrogen (secondary N) is 1. The van der Waals surface area contributed by atoms with Crippen molar-refractivity contribution in [3.8, 4) is 5.75 Å². The van der Waals surface area contributed by atoms with Crippen molar-refractivity contribution in [1.82, 2.24) is 14.9 Å². The zero-order chi connectivity index (χ0) is 30.0. The smallest absolute Gasteiger partial charge is 0.247 e. The lowest BCUT2D eigenvalue weighted by Gasteiger charge is -2.35. The number of benzene rings is 2. The summed E-state index contributed by atoms with van der Waals surface area (Å²) < 4.78 is 40.2. The van der Waals surface area contributed by atoms with E-state index in [4.69, 9.17) is 9.15 Å². The summed E-state index contributed by atoms with van der Waals surface area (Å²) in [6.07, 6.45) is 2.87. The van der Waals surface area contributed by atoms with Gasteiger partial charge in [-0.2, -0.15) is 0 Å². The molecule has 0 radical (unpaired) electrons. The number of furan rings is 1. The summed E-state index contributed by atoms with van der Waals surface area (Å²) in [5, 5.41) is 2.88. The van der Waals surface area contributed by atoms with Crippen LogP contribution in [-0.4, -0.2) is 66.4 Å². The molecule has 0 aliphatic carbocycles. The Morgan fingerprint density at radius 2 is 1.90 bits per heavy atom. The fourth-order valence-corrected chi connectivity index (χ4v) is 4.99. The Hall–Kier alpha value is -4.64. The maximum Gasteiger partial charge on any atom is 0.247 e. The first kappa shape index (κ1) is 28.9. The zero-order valence-corrected chi connectivity index (χ0v) is 23.7. The molecule has 0 spiro atoms. The van der Waals surface area contributed by atoms with Gasteiger partial charge in [-0.05, 0) is 48.9 Å². The van der Waals surface area contributed by atoms with Gasteiger partial charge in [-0.3, -0.25) is 9.59 Å². The highest BCUT2D eigenvalue weighted by atomic mass is 19.1. The normalized spacial score (nSPS) is 13.8. The van der Waals surface area contributed by atoms with Gasteiger partial charge in [0.05, 0.1) is 13.3 Å². The number of carbonyl (C=O) groups is 2. The van der Waals surface area contributed by atoms with E-state index in [0.29, 0.717) is 17.0 Å². The molecule has 3 heterocycles. The summed E-state index contributed by atoms with van der Waals surface area (Å²) in [5.41, 5.74) is 2.16. The third-order valence-electron chi connectivity index (χ3n) is 7.41. The van der Waals surface area contributed by atoms with Gasteiger partial charge in [0, 0.05) is 50.0 Å². The number of methoxy groups -OCH3 is 1. The fourth-order valence-electron chi connectivity index (χ4n) is 4.99. The van der Waals surface area contributed by atoms with Crippen LogP contribution in [0.3, 0.4) is 0 Å². The number of likely N-dealkylation sites (N-methyl/N-ethyl adjacent to an activating group) is 1. The molecule has 2 aromatic carbocycles. The van der Waals surface area contributed by atoms with Crippen LogP contribution in [0.5, 0.6) is 5.75 Å². The zero-order valence-electron chi connectivity index (χ0n) is 23.7. The third-order valence-corrected chi connectivity index (χ3v) is 7.41. The number of ether oxygens (including phenoxy) is 1. The Morgan fingerprint density at radius 1 is 1.14 bits per heavy atom. The van der Waals surface area contributed by atoms with Crippen molar-refractivity contribution < 1.29 is 27.5 Å². The molecule has 1 saturated heterocycles. The van der Waals surface area contributed by atoms with Crippen molar-refractivity contribution in [3.63, 3.8) is 0 Å². The van der Waals surface area contributed by atoms with Crippen LogP contribution in [0, 0.1) is 18.6 Å². The number of hydrogen-bond acceptors (Lipinski definition) is 8. The number of rotatable bonds is 9. The average Bonchev–Trinajstić information content (AvgIpc) is 3.43. The molecule has 1 N–H and O–H groups in total. The molecule has 1 aliphatic heterocycles. The lowest BCUT2D eigenvalue weighted by Crippen LogP contribution is -2.46. The average molecular weight is 576 g/mol. The third kappa shape index (κ3) is 5.73. The van der Waals surface area contributed by atoms with E-state index in [9.17, 15) is 18.4 Å². The van der Waals surface area contributed by atoms with E-state index in [2.05, 4.69) is 38.6 Å². The van der Waals surface area contributed by atoms with Crippen molar-refractivity contribution in [2.24, 2.45) is 0 Å². The van der Waals surface area contributed by atoms with Crippen LogP contribution in [0.1, 0.15) is 40.0 Å². The molecule has 2 aromatic heterocycles. The summed E-state index contributed by atoms with van der Waals surface area (Å²) in [6, 6.07) is 8.38. The fraction of sp³-hybridized carbons (Fsp3) is 0.290. The molecule has 1 fully saturated rings. The number of aryl methyl sites for hydroxylation is 1. The van der Waals surface area contributed by atoms with Gasteiger partial charge in [-0.1, -0.05) is 19.6 Å². The first-order chi connectivity index (χ1) is 20.2. The molecule has 0 saturated carbocycles. The van der Waals surface area contributed by atoms with E-state index in [1.54, 1.807) is 0 Å². The maximum atomic E-state index is 14.8. The minimum Gasteiger partial charge on any atom is -0.494 e. The number of fused-ring (bicyclic) bond motifs is 1. The number of halogens is 2. The lowest BCUT2D eigenvalue weighted by atomic mass is 10.0. The molecule has 11 heteroatoms. The summed E-state index contributed by atoms with van der Waals surface area (Å²) in [6.45, 7) is 11.8. The second kappa shape index (κ2) is 12.1. The van der Waals surface area contributed by atoms with E-state index >= 15 is 0 Å². The number of carbonyl (C=O) groups excluding carboxylic acids is 2. The van der Waals surface area contributed by atoms with Crippen LogP contribution in [-0.2, 0) is 11.2 Å². The maximum absolute atomic E-state index is 14.8. The first-order valence-corrected chi connectivity index (χ1v) is 13.6. The predicted molar refractivity (Wildman–Crippen MR) is 155 cm³/mol. The number of piperazine rings is 1. The molecule has 5 rings (SSSR count). The summed E-state index contributed by atoms with van der Waals surface area (Å²) in [5.74, 6) is -3.55. The number of nitrogens with zero attached hydrogens (tertiary/aromatic N) is 4. The quantitative estimate of drug-likeness (QED) is 0.222. The van der Waals surface area contributed by atoms with Crippen LogP contribution < -0.4 is 15.0 Å². The Kier molecular flexibility index (Phi) is 8.30. The van der Waals surface area contributed by atoms with Crippen molar-refractivity contribution >= 4 is 34.2 Å². The van der Waals surface area contributed by atoms with Gasteiger partial charge in [-0.15, -0.1) is 0 Å². The molecule has 42 heavy (non-hydrogen) atoms. The standard InChI is InChI=1S/C31H31F2N5O4/c1-5-27(39)36-21-15-20(38-11-9-37(6-2)10-12-38)8-7-19(21)14-26-34-17-25-22(35-26)16-24(42-25)31(40)28-29(32)18(3)13-23(41-4)30(28)33/h5,7-8,13,15-17H,1,6,9-12,14H2,2-4H3,(H,36,39). The second-order valence-electron chi connectivity index (χ2n) is 10.0. The van der Waals surface area contributed by atoms with E-state index in [-0.39, 0.29) is 35.0 Å². The molecule has 218 valence electrons. The largest absolute Gasteiger partial charge is 0.494 e. The Labute approximate surface area is 241 Å². The van der Waals surface area contributed by atoms with Crippen LogP contribution in [0.4, 0.5) is 20.2 Å². The van der Waals surface area contributed by atoms with E-state index in [0.717, 1.165) is 44.0 Å². The van der Waals surface area contributed by atoms with Crippen molar-refractivity contribution in [3.05, 3.63) is 89.1 Å². The van der Waals surface area contributed by atoms with Gasteiger partial charge in [0.25, 0.3) is 0 Å². The number of anilines is 2. The van der Waals surface area contributed by atoms with Gasteiger partial charge < -0.3 is 24.3 Å². The number of aromatic nitrogens is 2. The SMILES string of the molecule is C=CC(=O)Nc1cc(N2CCN(CC)CC2)ccc1Cc1ncc2oc(C(=O)c3c(F)c(C)cc(OC)c3F)cc2n1. The topological polar surface area (TPSA) is 101 Å². The van der Waals surface area contributed by atoms with Crippen molar-refractivity contribution in [2.75, 3.05) is 50.1 Å². The van der Waals surface area contributed by atoms with Crippen LogP contribution in [0.15, 0.2) is 53.6 Å². The van der Waals surface area contributed by atoms with Crippen molar-refractivity contribution in [2.45, 2.75) is 20.3 Å². The van der Waals surface area contributed by atoms with Crippen molar-refractivity contribution in [1.29, 1.82) is 0 Å². The highest BCUT2D eigenvalue weighted by Crippen LogP contribution is 2.30. The highest BCUT2D eigenvalue weighted by molar-refractivity contribution is 6.09. The van der Waals surface area contributed by atoms with Crippen LogP contribution in [0.2, 0.25) is 0 Å². The van der Waals surface area contributed by atoms with Crippen LogP contribution >= 0.6 is 0 Å². The minimum absolute atomic E-state index is 0.0587. The Balaban J connectivity index is 1.43. The van der Waals surface area contributed by atoms with E-state index in [1.165, 1.54) is 38.4 Å². The highest BCUT2D eigenvalue weighted by Gasteiger charge is 2.27. The van der Waals surface area contributed by atoms with Gasteiger partial charge in [0.2, 0.25) is 11.7 Å². The molecule has 9 nitrogen and oxygen atoms in total. The summed E-state index contributed by atoms with van der Waals surface area (Å²) >= 11 is 0. The Morgan fingerprint density at radius 3 is 2.60 bits per heavy atom. The van der Waals surface area contributed by atoms with Gasteiger partial charge >= 0.3 is 0 Å². The molecule has 0 atom stereocenters. The van der Waals surface area contributed by atoms with E-state index in [1.807, 2.05) is 18.2 Å². The minimum atomic E-state index is -1.11. The molecule has 0 unspecified atom stereocenters. The monoisotopic (exact) mass is 575 g/mol. The lowest BCUT2D eigenvalue weighted by molar-refractivity contribution is -0.111. The molecule has 0 bridgehead atoms. The molecule has 4 aromatic rings. The van der Waals surface area contributed by atoms with Gasteiger partial charge in [0.15, 0.2) is 22.9 Å². The number of ketones is 1. The molecule has 1 aliphatic rings.